The number of nitrogens with two attached hydrogens (primary N) is 1. The van der Waals surface area contributed by atoms with Crippen LogP contribution in [0.5, 0.6) is 0 Å². The van der Waals surface area contributed by atoms with Crippen LogP contribution in [0.15, 0.2) is 10.6 Å². The van der Waals surface area contributed by atoms with Gasteiger partial charge < -0.3 is 20.7 Å². The first-order valence-electron chi connectivity index (χ1n) is 4.65. The SMILES string of the molecule is Cc1cc(C(=O)N[C@H](CC(N)=O)C(=O)O)on1. The molecule has 1 atom stereocenters. The lowest BCUT2D eigenvalue weighted by Crippen LogP contribution is -2.43. The van der Waals surface area contributed by atoms with E-state index in [2.05, 4.69) is 15.0 Å². The molecule has 8 heteroatoms. The van der Waals surface area contributed by atoms with Crippen molar-refractivity contribution in [1.29, 1.82) is 0 Å². The third kappa shape index (κ3) is 3.59. The lowest BCUT2D eigenvalue weighted by atomic mass is 10.2. The van der Waals surface area contributed by atoms with E-state index in [1.165, 1.54) is 6.07 Å². The monoisotopic (exact) mass is 241 g/mol. The fourth-order valence-corrected chi connectivity index (χ4v) is 1.10. The van der Waals surface area contributed by atoms with Crippen molar-refractivity contribution in [3.63, 3.8) is 0 Å². The van der Waals surface area contributed by atoms with Crippen LogP contribution in [0.4, 0.5) is 0 Å². The molecule has 0 saturated heterocycles. The minimum Gasteiger partial charge on any atom is -0.480 e. The molecule has 17 heavy (non-hydrogen) atoms. The maximum Gasteiger partial charge on any atom is 0.326 e. The van der Waals surface area contributed by atoms with Crippen LogP contribution in [-0.2, 0) is 9.59 Å². The summed E-state index contributed by atoms with van der Waals surface area (Å²) in [5.41, 5.74) is 5.34. The number of aromatic nitrogens is 1. The molecule has 1 rings (SSSR count). The first-order chi connectivity index (χ1) is 7.90. The van der Waals surface area contributed by atoms with Gasteiger partial charge in [-0.1, -0.05) is 5.16 Å². The van der Waals surface area contributed by atoms with Gasteiger partial charge in [0.15, 0.2) is 0 Å². The molecule has 2 amide bonds. The molecule has 0 spiro atoms. The largest absolute Gasteiger partial charge is 0.480 e. The van der Waals surface area contributed by atoms with Crippen molar-refractivity contribution in [2.75, 3.05) is 0 Å². The topological polar surface area (TPSA) is 136 Å². The van der Waals surface area contributed by atoms with Gasteiger partial charge in [0.2, 0.25) is 11.7 Å². The number of nitrogens with zero attached hydrogens (tertiary/aromatic N) is 1. The Bertz CT molecular complexity index is 453. The molecule has 0 bridgehead atoms. The van der Waals surface area contributed by atoms with Crippen LogP contribution in [0.3, 0.4) is 0 Å². The van der Waals surface area contributed by atoms with Gasteiger partial charge in [-0.05, 0) is 6.92 Å². The normalized spacial score (nSPS) is 11.8. The van der Waals surface area contributed by atoms with Crippen molar-refractivity contribution in [1.82, 2.24) is 10.5 Å². The second-order valence-electron chi connectivity index (χ2n) is 3.37. The van der Waals surface area contributed by atoms with Crippen LogP contribution in [0, 0.1) is 6.92 Å². The molecule has 0 aliphatic heterocycles. The summed E-state index contributed by atoms with van der Waals surface area (Å²) < 4.78 is 4.64. The average molecular weight is 241 g/mol. The minimum absolute atomic E-state index is 0.127. The van der Waals surface area contributed by atoms with Crippen molar-refractivity contribution < 1.29 is 24.0 Å². The Morgan fingerprint density at radius 3 is 2.65 bits per heavy atom. The highest BCUT2D eigenvalue weighted by atomic mass is 16.5. The van der Waals surface area contributed by atoms with Crippen molar-refractivity contribution in [2.24, 2.45) is 5.73 Å². The molecule has 0 saturated carbocycles. The summed E-state index contributed by atoms with van der Waals surface area (Å²) >= 11 is 0. The summed E-state index contributed by atoms with van der Waals surface area (Å²) in [6.45, 7) is 1.61. The maximum absolute atomic E-state index is 11.5. The summed E-state index contributed by atoms with van der Waals surface area (Å²) in [7, 11) is 0. The number of hydrogen-bond donors (Lipinski definition) is 3. The molecular weight excluding hydrogens is 230 g/mol. The Morgan fingerprint density at radius 2 is 2.24 bits per heavy atom. The Morgan fingerprint density at radius 1 is 1.59 bits per heavy atom. The highest BCUT2D eigenvalue weighted by Gasteiger charge is 2.24. The van der Waals surface area contributed by atoms with Crippen LogP contribution in [0.1, 0.15) is 22.7 Å². The fraction of sp³-hybridized carbons (Fsp3) is 0.333. The molecule has 1 aromatic heterocycles. The first-order valence-corrected chi connectivity index (χ1v) is 4.65. The number of amides is 2. The van der Waals surface area contributed by atoms with E-state index in [-0.39, 0.29) is 5.76 Å². The van der Waals surface area contributed by atoms with Gasteiger partial charge in [-0.15, -0.1) is 0 Å². The number of carboxylic acids is 1. The molecule has 8 nitrogen and oxygen atoms in total. The van der Waals surface area contributed by atoms with Crippen LogP contribution in [-0.4, -0.2) is 34.1 Å². The maximum atomic E-state index is 11.5. The number of rotatable bonds is 5. The Labute approximate surface area is 95.8 Å². The standard InChI is InChI=1S/C9H11N3O5/c1-4-2-6(17-12-4)8(14)11-5(9(15)16)3-7(10)13/h2,5H,3H2,1H3,(H2,10,13)(H,11,14)(H,15,16)/t5-/m1/s1. The predicted octanol–water partition coefficient (Wildman–Crippen LogP) is -0.959. The van der Waals surface area contributed by atoms with Crippen LogP contribution in [0.25, 0.3) is 0 Å². The zero-order valence-corrected chi connectivity index (χ0v) is 8.97. The highest BCUT2D eigenvalue weighted by Crippen LogP contribution is 2.03. The molecule has 92 valence electrons. The van der Waals surface area contributed by atoms with E-state index < -0.39 is 30.2 Å². The zero-order valence-electron chi connectivity index (χ0n) is 8.97. The van der Waals surface area contributed by atoms with Crippen molar-refractivity contribution in [2.45, 2.75) is 19.4 Å². The Kier molecular flexibility index (Phi) is 3.81. The van der Waals surface area contributed by atoms with Gasteiger partial charge in [-0.3, -0.25) is 9.59 Å². The molecule has 0 aliphatic rings. The van der Waals surface area contributed by atoms with Crippen LogP contribution < -0.4 is 11.1 Å². The third-order valence-corrected chi connectivity index (χ3v) is 1.86. The number of carbonyl (C=O) groups excluding carboxylic acids is 2. The predicted molar refractivity (Wildman–Crippen MR) is 53.9 cm³/mol. The summed E-state index contributed by atoms with van der Waals surface area (Å²) in [6, 6.07) is -0.0381. The number of aliphatic carboxylic acids is 1. The van der Waals surface area contributed by atoms with Gasteiger partial charge in [0.25, 0.3) is 5.91 Å². The van der Waals surface area contributed by atoms with E-state index >= 15 is 0 Å². The van der Waals surface area contributed by atoms with Crippen LogP contribution in [0.2, 0.25) is 0 Å². The molecule has 4 N–H and O–H groups in total. The van der Waals surface area contributed by atoms with Crippen LogP contribution >= 0.6 is 0 Å². The van der Waals surface area contributed by atoms with E-state index in [9.17, 15) is 14.4 Å². The summed E-state index contributed by atoms with van der Waals surface area (Å²) in [5, 5.41) is 14.3. The zero-order chi connectivity index (χ0) is 13.0. The molecule has 0 unspecified atom stereocenters. The summed E-state index contributed by atoms with van der Waals surface area (Å²) in [5.74, 6) is -3.07. The van der Waals surface area contributed by atoms with Gasteiger partial charge in [0.05, 0.1) is 12.1 Å². The summed E-state index contributed by atoms with van der Waals surface area (Å²) in [6.07, 6.45) is -0.492. The number of hydrogen-bond acceptors (Lipinski definition) is 5. The highest BCUT2D eigenvalue weighted by molar-refractivity contribution is 5.95. The van der Waals surface area contributed by atoms with Gasteiger partial charge in [0, 0.05) is 6.07 Å². The molecule has 0 radical (unpaired) electrons. The lowest BCUT2D eigenvalue weighted by Gasteiger charge is -2.10. The number of carbonyl (C=O) groups is 3. The number of primary amides is 1. The number of aryl methyl sites for hydroxylation is 1. The molecule has 0 aliphatic carbocycles. The average Bonchev–Trinajstić information content (AvgIpc) is 2.63. The lowest BCUT2D eigenvalue weighted by molar-refractivity contribution is -0.140. The summed E-state index contributed by atoms with van der Waals surface area (Å²) in [4.78, 5) is 32.8. The fourth-order valence-electron chi connectivity index (χ4n) is 1.10. The van der Waals surface area contributed by atoms with E-state index in [0.29, 0.717) is 5.69 Å². The van der Waals surface area contributed by atoms with Crippen molar-refractivity contribution in [3.05, 3.63) is 17.5 Å². The Balaban J connectivity index is 2.70. The van der Waals surface area contributed by atoms with Crippen molar-refractivity contribution in [3.8, 4) is 0 Å². The van der Waals surface area contributed by atoms with Crippen molar-refractivity contribution >= 4 is 17.8 Å². The molecule has 0 aromatic carbocycles. The van der Waals surface area contributed by atoms with E-state index in [4.69, 9.17) is 10.8 Å². The first kappa shape index (κ1) is 12.7. The molecule has 0 fully saturated rings. The molecule has 1 heterocycles. The second-order valence-corrected chi connectivity index (χ2v) is 3.37. The third-order valence-electron chi connectivity index (χ3n) is 1.86. The smallest absolute Gasteiger partial charge is 0.326 e. The molecule has 1 aromatic rings. The van der Waals surface area contributed by atoms with Gasteiger partial charge in [0.1, 0.15) is 6.04 Å². The van der Waals surface area contributed by atoms with Gasteiger partial charge in [-0.2, -0.15) is 0 Å². The van der Waals surface area contributed by atoms with Gasteiger partial charge >= 0.3 is 5.97 Å². The number of nitrogens with one attached hydrogen (secondary N) is 1. The molecular formula is C9H11N3O5. The quantitative estimate of drug-likeness (QED) is 0.607. The van der Waals surface area contributed by atoms with E-state index in [1.54, 1.807) is 6.92 Å². The van der Waals surface area contributed by atoms with E-state index in [0.717, 1.165) is 0 Å². The number of carboxylic acid groups (broad SMARTS) is 1. The minimum atomic E-state index is -1.38. The van der Waals surface area contributed by atoms with E-state index in [1.807, 2.05) is 0 Å². The van der Waals surface area contributed by atoms with Gasteiger partial charge in [-0.25, -0.2) is 4.79 Å². The Hall–Kier alpha value is -2.38. The second kappa shape index (κ2) is 5.10.